The van der Waals surface area contributed by atoms with Crippen LogP contribution in [-0.4, -0.2) is 25.6 Å². The first-order valence-corrected chi connectivity index (χ1v) is 8.26. The summed E-state index contributed by atoms with van der Waals surface area (Å²) in [6, 6.07) is 7.19. The molecular formula is C18H21N5O2. The lowest BCUT2D eigenvalue weighted by molar-refractivity contribution is -0.125. The highest BCUT2D eigenvalue weighted by atomic mass is 16.5. The van der Waals surface area contributed by atoms with E-state index in [9.17, 15) is 4.79 Å². The van der Waals surface area contributed by atoms with Gasteiger partial charge in [-0.1, -0.05) is 19.0 Å². The van der Waals surface area contributed by atoms with Gasteiger partial charge in [-0.05, 0) is 36.6 Å². The van der Waals surface area contributed by atoms with Crippen molar-refractivity contribution in [3.05, 3.63) is 54.9 Å². The Bertz CT molecular complexity index is 796. The molecule has 0 aromatic carbocycles. The minimum atomic E-state index is -0.252. The van der Waals surface area contributed by atoms with Gasteiger partial charge in [-0.25, -0.2) is 0 Å². The minimum absolute atomic E-state index is 0.0615. The Kier molecular flexibility index (Phi) is 5.23. The summed E-state index contributed by atoms with van der Waals surface area (Å²) in [5.74, 6) is 1.19. The van der Waals surface area contributed by atoms with E-state index >= 15 is 0 Å². The van der Waals surface area contributed by atoms with Crippen molar-refractivity contribution in [2.24, 2.45) is 5.92 Å². The van der Waals surface area contributed by atoms with Crippen molar-refractivity contribution in [1.82, 2.24) is 25.0 Å². The van der Waals surface area contributed by atoms with Crippen molar-refractivity contribution in [3.8, 4) is 11.4 Å². The Hall–Kier alpha value is -2.96. The molecule has 0 fully saturated rings. The van der Waals surface area contributed by atoms with E-state index in [4.69, 9.17) is 4.52 Å². The molecule has 1 atom stereocenters. The van der Waals surface area contributed by atoms with Gasteiger partial charge in [0.25, 0.3) is 0 Å². The predicted molar refractivity (Wildman–Crippen MR) is 92.3 cm³/mol. The van der Waals surface area contributed by atoms with Crippen LogP contribution in [0, 0.1) is 5.92 Å². The summed E-state index contributed by atoms with van der Waals surface area (Å²) in [6.45, 7) is 4.40. The molecule has 1 N–H and O–H groups in total. The summed E-state index contributed by atoms with van der Waals surface area (Å²) >= 11 is 0. The zero-order chi connectivity index (χ0) is 17.6. The Morgan fingerprint density at radius 2 is 1.96 bits per heavy atom. The number of hydrogen-bond acceptors (Lipinski definition) is 5. The molecular weight excluding hydrogens is 318 g/mol. The maximum atomic E-state index is 12.6. The largest absolute Gasteiger partial charge is 0.345 e. The second-order valence-electron chi connectivity index (χ2n) is 6.24. The third-order valence-corrected chi connectivity index (χ3v) is 3.81. The van der Waals surface area contributed by atoms with E-state index in [1.807, 2.05) is 29.1 Å². The van der Waals surface area contributed by atoms with Crippen molar-refractivity contribution in [3.63, 3.8) is 0 Å². The first kappa shape index (κ1) is 16.9. The second-order valence-corrected chi connectivity index (χ2v) is 6.24. The van der Waals surface area contributed by atoms with E-state index in [1.54, 1.807) is 24.5 Å². The van der Waals surface area contributed by atoms with Gasteiger partial charge in [-0.15, -0.1) is 0 Å². The first-order chi connectivity index (χ1) is 12.1. The van der Waals surface area contributed by atoms with Crippen molar-refractivity contribution in [2.45, 2.75) is 32.9 Å². The van der Waals surface area contributed by atoms with Crippen LogP contribution in [0.25, 0.3) is 11.4 Å². The van der Waals surface area contributed by atoms with Gasteiger partial charge < -0.3 is 14.4 Å². The normalized spacial score (nSPS) is 12.3. The number of hydrogen-bond donors (Lipinski definition) is 1. The molecule has 25 heavy (non-hydrogen) atoms. The lowest BCUT2D eigenvalue weighted by atomic mass is 10.0. The highest BCUT2D eigenvalue weighted by molar-refractivity contribution is 5.80. The number of nitrogens with zero attached hydrogens (tertiary/aromatic N) is 4. The molecule has 7 heteroatoms. The van der Waals surface area contributed by atoms with E-state index < -0.39 is 0 Å². The summed E-state index contributed by atoms with van der Waals surface area (Å²) in [5, 5.41) is 6.83. The van der Waals surface area contributed by atoms with E-state index in [2.05, 4.69) is 34.3 Å². The number of carbonyl (C=O) groups is 1. The zero-order valence-electron chi connectivity index (χ0n) is 14.3. The number of nitrogens with one attached hydrogen (secondary N) is 1. The maximum absolute atomic E-state index is 12.6. The van der Waals surface area contributed by atoms with E-state index in [1.165, 1.54) is 0 Å². The number of pyridine rings is 1. The minimum Gasteiger partial charge on any atom is -0.345 e. The van der Waals surface area contributed by atoms with Crippen molar-refractivity contribution >= 4 is 5.91 Å². The van der Waals surface area contributed by atoms with Crippen molar-refractivity contribution < 1.29 is 9.32 Å². The molecule has 7 nitrogen and oxygen atoms in total. The van der Waals surface area contributed by atoms with Crippen LogP contribution in [-0.2, 0) is 11.3 Å². The number of rotatable bonds is 7. The molecule has 130 valence electrons. The molecule has 3 aromatic heterocycles. The first-order valence-electron chi connectivity index (χ1n) is 8.26. The number of aromatic nitrogens is 4. The maximum Gasteiger partial charge on any atom is 0.246 e. The van der Waals surface area contributed by atoms with Gasteiger partial charge in [-0.2, -0.15) is 4.98 Å². The van der Waals surface area contributed by atoms with Crippen molar-refractivity contribution in [2.75, 3.05) is 0 Å². The molecule has 1 unspecified atom stereocenters. The Morgan fingerprint density at radius 3 is 2.64 bits per heavy atom. The van der Waals surface area contributed by atoms with Gasteiger partial charge in [0.05, 0.1) is 6.54 Å². The van der Waals surface area contributed by atoms with E-state index in [-0.39, 0.29) is 18.5 Å². The van der Waals surface area contributed by atoms with Crippen LogP contribution in [0.1, 0.15) is 32.2 Å². The molecule has 0 saturated carbocycles. The van der Waals surface area contributed by atoms with Gasteiger partial charge in [-0.3, -0.25) is 9.78 Å². The van der Waals surface area contributed by atoms with Crippen LogP contribution >= 0.6 is 0 Å². The molecule has 1 amide bonds. The molecule has 0 saturated heterocycles. The fourth-order valence-corrected chi connectivity index (χ4v) is 2.59. The van der Waals surface area contributed by atoms with Gasteiger partial charge >= 0.3 is 0 Å². The lowest BCUT2D eigenvalue weighted by Crippen LogP contribution is -2.32. The van der Waals surface area contributed by atoms with Crippen LogP contribution in [0.3, 0.4) is 0 Å². The van der Waals surface area contributed by atoms with Crippen LogP contribution < -0.4 is 5.32 Å². The molecule has 3 rings (SSSR count). The molecule has 0 radical (unpaired) electrons. The van der Waals surface area contributed by atoms with Gasteiger partial charge in [0, 0.05) is 30.4 Å². The lowest BCUT2D eigenvalue weighted by Gasteiger charge is -2.20. The average Bonchev–Trinajstić information content (AvgIpc) is 3.30. The molecule has 0 bridgehead atoms. The number of amides is 1. The predicted octanol–water partition coefficient (Wildman–Crippen LogP) is 2.84. The third kappa shape index (κ3) is 4.32. The molecule has 0 aliphatic rings. The van der Waals surface area contributed by atoms with Crippen LogP contribution in [0.5, 0.6) is 0 Å². The standard InChI is InChI=1S/C18H21N5O2/c1-13(2)11-15(23-9-3-4-10-23)18(24)20-12-16-21-17(22-25-16)14-5-7-19-8-6-14/h3-10,13,15H,11-12H2,1-2H3,(H,20,24). The summed E-state index contributed by atoms with van der Waals surface area (Å²) in [7, 11) is 0. The average molecular weight is 339 g/mol. The quantitative estimate of drug-likeness (QED) is 0.715. The topological polar surface area (TPSA) is 85.8 Å². The molecule has 0 aliphatic carbocycles. The SMILES string of the molecule is CC(C)CC(C(=O)NCc1nc(-c2ccncc2)no1)n1cccc1. The highest BCUT2D eigenvalue weighted by Crippen LogP contribution is 2.18. The van der Waals surface area contributed by atoms with Gasteiger partial charge in [0.2, 0.25) is 17.6 Å². The monoisotopic (exact) mass is 339 g/mol. The summed E-state index contributed by atoms with van der Waals surface area (Å²) in [4.78, 5) is 20.9. The van der Waals surface area contributed by atoms with Crippen molar-refractivity contribution in [1.29, 1.82) is 0 Å². The Labute approximate surface area is 146 Å². The Balaban J connectivity index is 1.64. The molecule has 3 heterocycles. The molecule has 3 aromatic rings. The fourth-order valence-electron chi connectivity index (χ4n) is 2.59. The molecule has 0 aliphatic heterocycles. The van der Waals surface area contributed by atoms with E-state index in [0.717, 1.165) is 12.0 Å². The zero-order valence-corrected chi connectivity index (χ0v) is 14.3. The smallest absolute Gasteiger partial charge is 0.246 e. The highest BCUT2D eigenvalue weighted by Gasteiger charge is 2.21. The third-order valence-electron chi connectivity index (χ3n) is 3.81. The summed E-state index contributed by atoms with van der Waals surface area (Å²) < 4.78 is 7.14. The van der Waals surface area contributed by atoms with Crippen LogP contribution in [0.4, 0.5) is 0 Å². The van der Waals surface area contributed by atoms with Crippen LogP contribution in [0.2, 0.25) is 0 Å². The summed E-state index contributed by atoms with van der Waals surface area (Å²) in [5.41, 5.74) is 0.821. The number of carbonyl (C=O) groups excluding carboxylic acids is 1. The molecule has 0 spiro atoms. The van der Waals surface area contributed by atoms with Gasteiger partial charge in [0.15, 0.2) is 0 Å². The van der Waals surface area contributed by atoms with Crippen LogP contribution in [0.15, 0.2) is 53.6 Å². The fraction of sp³-hybridized carbons (Fsp3) is 0.333. The summed E-state index contributed by atoms with van der Waals surface area (Å²) in [6.07, 6.45) is 7.90. The second kappa shape index (κ2) is 7.74. The van der Waals surface area contributed by atoms with E-state index in [0.29, 0.717) is 17.6 Å². The van der Waals surface area contributed by atoms with Gasteiger partial charge in [0.1, 0.15) is 6.04 Å². The Morgan fingerprint density at radius 1 is 1.24 bits per heavy atom.